The third kappa shape index (κ3) is 3.46. The van der Waals surface area contributed by atoms with Gasteiger partial charge in [0.05, 0.1) is 29.2 Å². The molecule has 0 aliphatic carbocycles. The van der Waals surface area contributed by atoms with Gasteiger partial charge < -0.3 is 9.32 Å². The minimum atomic E-state index is -3.12. The third-order valence-corrected chi connectivity index (χ3v) is 8.16. The van der Waals surface area contributed by atoms with Crippen molar-refractivity contribution in [2.75, 3.05) is 11.5 Å². The number of carbonyl (C=O) groups excluding carboxylic acids is 1. The Balaban J connectivity index is 1.76. The van der Waals surface area contributed by atoms with Gasteiger partial charge in [0.15, 0.2) is 9.84 Å². The van der Waals surface area contributed by atoms with Crippen molar-refractivity contribution < 1.29 is 17.6 Å². The zero-order chi connectivity index (χ0) is 20.1. The summed E-state index contributed by atoms with van der Waals surface area (Å²) in [6.45, 7) is 6.16. The summed E-state index contributed by atoms with van der Waals surface area (Å²) in [6, 6.07) is 5.24. The number of furan rings is 1. The largest absolute Gasteiger partial charge is 0.467 e. The van der Waals surface area contributed by atoms with Crippen molar-refractivity contribution in [3.05, 3.63) is 51.9 Å². The van der Waals surface area contributed by atoms with Crippen molar-refractivity contribution in [2.45, 2.75) is 39.8 Å². The van der Waals surface area contributed by atoms with Crippen molar-refractivity contribution in [1.29, 1.82) is 0 Å². The molecular formula is C20H22N2O4S2. The number of aromatic nitrogens is 1. The Labute approximate surface area is 168 Å². The molecule has 0 aromatic carbocycles. The van der Waals surface area contributed by atoms with Gasteiger partial charge in [0, 0.05) is 17.1 Å². The van der Waals surface area contributed by atoms with Crippen LogP contribution in [0.3, 0.4) is 0 Å². The van der Waals surface area contributed by atoms with Crippen LogP contribution < -0.4 is 0 Å². The van der Waals surface area contributed by atoms with Crippen molar-refractivity contribution in [3.63, 3.8) is 0 Å². The number of hydrogen-bond acceptors (Lipinski definition) is 6. The maximum absolute atomic E-state index is 13.5. The quantitative estimate of drug-likeness (QED) is 0.646. The second-order valence-corrected chi connectivity index (χ2v) is 10.6. The van der Waals surface area contributed by atoms with Gasteiger partial charge in [0.1, 0.15) is 10.6 Å². The van der Waals surface area contributed by atoms with E-state index in [2.05, 4.69) is 4.98 Å². The van der Waals surface area contributed by atoms with Crippen LogP contribution in [0.2, 0.25) is 0 Å². The molecule has 0 saturated carbocycles. The zero-order valence-corrected chi connectivity index (χ0v) is 17.7. The Bertz CT molecular complexity index is 1150. The molecule has 1 fully saturated rings. The summed E-state index contributed by atoms with van der Waals surface area (Å²) in [6.07, 6.45) is 2.01. The number of aryl methyl sites for hydroxylation is 3. The van der Waals surface area contributed by atoms with Crippen molar-refractivity contribution in [3.8, 4) is 0 Å². The SMILES string of the molecule is Cc1cc(C)c2c(C)c(C(=O)N(Cc3ccco3)C3CCS(=O)(=O)C3)sc2n1. The lowest BCUT2D eigenvalue weighted by Crippen LogP contribution is -2.40. The summed E-state index contributed by atoms with van der Waals surface area (Å²) in [5.74, 6) is 0.600. The van der Waals surface area contributed by atoms with E-state index in [0.29, 0.717) is 17.1 Å². The van der Waals surface area contributed by atoms with Gasteiger partial charge in [0.25, 0.3) is 5.91 Å². The number of pyridine rings is 1. The summed E-state index contributed by atoms with van der Waals surface area (Å²) in [7, 11) is -3.12. The summed E-state index contributed by atoms with van der Waals surface area (Å²) in [5, 5.41) is 1.01. The van der Waals surface area contributed by atoms with Gasteiger partial charge in [0.2, 0.25) is 0 Å². The van der Waals surface area contributed by atoms with E-state index in [-0.39, 0.29) is 30.0 Å². The Morgan fingerprint density at radius 2 is 2.14 bits per heavy atom. The molecule has 8 heteroatoms. The van der Waals surface area contributed by atoms with Crippen LogP contribution in [0.15, 0.2) is 28.9 Å². The van der Waals surface area contributed by atoms with Crippen LogP contribution in [-0.4, -0.2) is 41.8 Å². The van der Waals surface area contributed by atoms with E-state index in [1.54, 1.807) is 23.3 Å². The Morgan fingerprint density at radius 3 is 2.79 bits per heavy atom. The molecule has 1 atom stereocenters. The number of thiophene rings is 1. The molecule has 1 saturated heterocycles. The van der Waals surface area contributed by atoms with Gasteiger partial charge in [-0.05, 0) is 56.5 Å². The van der Waals surface area contributed by atoms with E-state index >= 15 is 0 Å². The van der Waals surface area contributed by atoms with E-state index in [1.165, 1.54) is 11.3 Å². The maximum Gasteiger partial charge on any atom is 0.264 e. The standard InChI is InChI=1S/C20H22N2O4S2/c1-12-9-13(2)21-19-17(12)14(3)18(27-19)20(23)22(10-16-5-4-7-26-16)15-6-8-28(24,25)11-15/h4-5,7,9,15H,6,8,10-11H2,1-3H3. The van der Waals surface area contributed by atoms with Crippen molar-refractivity contribution >= 4 is 37.3 Å². The fraction of sp³-hybridized carbons (Fsp3) is 0.400. The van der Waals surface area contributed by atoms with Crippen molar-refractivity contribution in [1.82, 2.24) is 9.88 Å². The molecule has 1 amide bonds. The Morgan fingerprint density at radius 1 is 1.36 bits per heavy atom. The minimum Gasteiger partial charge on any atom is -0.467 e. The molecule has 0 spiro atoms. The first kappa shape index (κ1) is 19.1. The molecule has 0 radical (unpaired) electrons. The number of hydrogen-bond donors (Lipinski definition) is 0. The van der Waals surface area contributed by atoms with Crippen LogP contribution in [0.4, 0.5) is 0 Å². The lowest BCUT2D eigenvalue weighted by atomic mass is 10.1. The van der Waals surface area contributed by atoms with E-state index in [0.717, 1.165) is 27.0 Å². The second-order valence-electron chi connectivity index (χ2n) is 7.39. The zero-order valence-electron chi connectivity index (χ0n) is 16.1. The molecule has 6 nitrogen and oxygen atoms in total. The third-order valence-electron chi connectivity index (χ3n) is 5.24. The first-order chi connectivity index (χ1) is 13.2. The molecule has 28 heavy (non-hydrogen) atoms. The van der Waals surface area contributed by atoms with Crippen LogP contribution in [0.25, 0.3) is 10.2 Å². The molecule has 4 rings (SSSR count). The monoisotopic (exact) mass is 418 g/mol. The minimum absolute atomic E-state index is 0.000221. The second kappa shape index (κ2) is 7.00. The molecule has 3 aromatic heterocycles. The van der Waals surface area contributed by atoms with Gasteiger partial charge in [-0.25, -0.2) is 13.4 Å². The molecular weight excluding hydrogens is 396 g/mol. The highest BCUT2D eigenvalue weighted by atomic mass is 32.2. The fourth-order valence-corrected chi connectivity index (χ4v) is 6.90. The molecule has 4 heterocycles. The van der Waals surface area contributed by atoms with E-state index in [9.17, 15) is 13.2 Å². The van der Waals surface area contributed by atoms with E-state index in [1.807, 2.05) is 26.8 Å². The van der Waals surface area contributed by atoms with Crippen LogP contribution in [-0.2, 0) is 16.4 Å². The van der Waals surface area contributed by atoms with Crippen LogP contribution in [0.5, 0.6) is 0 Å². The molecule has 1 unspecified atom stereocenters. The summed E-state index contributed by atoms with van der Waals surface area (Å²) in [4.78, 5) is 21.2. The number of rotatable bonds is 4. The lowest BCUT2D eigenvalue weighted by Gasteiger charge is -2.27. The predicted molar refractivity (Wildman–Crippen MR) is 109 cm³/mol. The average molecular weight is 419 g/mol. The highest BCUT2D eigenvalue weighted by Gasteiger charge is 2.36. The number of nitrogens with zero attached hydrogens (tertiary/aromatic N) is 2. The molecule has 0 bridgehead atoms. The number of sulfone groups is 1. The normalized spacial score (nSPS) is 18.6. The number of fused-ring (bicyclic) bond motifs is 1. The van der Waals surface area contributed by atoms with Gasteiger partial charge in [-0.2, -0.15) is 0 Å². The first-order valence-corrected chi connectivity index (χ1v) is 11.8. The summed E-state index contributed by atoms with van der Waals surface area (Å²) in [5.41, 5.74) is 2.91. The number of amides is 1. The van der Waals surface area contributed by atoms with Gasteiger partial charge in [-0.1, -0.05) is 0 Å². The van der Waals surface area contributed by atoms with Gasteiger partial charge in [-0.15, -0.1) is 11.3 Å². The van der Waals surface area contributed by atoms with Crippen LogP contribution >= 0.6 is 11.3 Å². The first-order valence-electron chi connectivity index (χ1n) is 9.16. The molecule has 1 aliphatic rings. The average Bonchev–Trinajstić information content (AvgIpc) is 3.31. The molecule has 3 aromatic rings. The maximum atomic E-state index is 13.5. The van der Waals surface area contributed by atoms with E-state index in [4.69, 9.17) is 4.42 Å². The summed E-state index contributed by atoms with van der Waals surface area (Å²) < 4.78 is 29.5. The Kier molecular flexibility index (Phi) is 4.79. The summed E-state index contributed by atoms with van der Waals surface area (Å²) >= 11 is 1.38. The van der Waals surface area contributed by atoms with Gasteiger partial charge in [-0.3, -0.25) is 4.79 Å². The molecule has 1 aliphatic heterocycles. The van der Waals surface area contributed by atoms with E-state index < -0.39 is 9.84 Å². The van der Waals surface area contributed by atoms with Crippen LogP contribution in [0, 0.1) is 20.8 Å². The smallest absolute Gasteiger partial charge is 0.264 e. The van der Waals surface area contributed by atoms with Crippen molar-refractivity contribution in [2.24, 2.45) is 0 Å². The lowest BCUT2D eigenvalue weighted by molar-refractivity contribution is 0.0670. The molecule has 0 N–H and O–H groups in total. The number of carbonyl (C=O) groups is 1. The molecule has 148 valence electrons. The van der Waals surface area contributed by atoms with Gasteiger partial charge >= 0.3 is 0 Å². The highest BCUT2D eigenvalue weighted by molar-refractivity contribution is 7.91. The predicted octanol–water partition coefficient (Wildman–Crippen LogP) is 3.64. The van der Waals surface area contributed by atoms with Crippen LogP contribution in [0.1, 0.15) is 38.7 Å². The fourth-order valence-electron chi connectivity index (χ4n) is 3.91. The highest BCUT2D eigenvalue weighted by Crippen LogP contribution is 2.34. The topological polar surface area (TPSA) is 80.5 Å². The Hall–Kier alpha value is -2.19.